The monoisotopic (exact) mass is 282 g/mol. The fraction of sp³-hybridized carbons (Fsp3) is 0.938. The van der Waals surface area contributed by atoms with E-state index < -0.39 is 5.60 Å². The largest absolute Gasteiger partial charge is 0.444 e. The molecular formula is C16H30N2O2. The van der Waals surface area contributed by atoms with Crippen molar-refractivity contribution < 1.29 is 9.53 Å². The first-order valence-electron chi connectivity index (χ1n) is 8.10. The molecule has 116 valence electrons. The second kappa shape index (κ2) is 6.33. The Kier molecular flexibility index (Phi) is 4.95. The van der Waals surface area contributed by atoms with E-state index in [4.69, 9.17) is 4.74 Å². The molecule has 2 rings (SSSR count). The lowest BCUT2D eigenvalue weighted by Gasteiger charge is -2.27. The van der Waals surface area contributed by atoms with Crippen molar-refractivity contribution in [1.29, 1.82) is 0 Å². The van der Waals surface area contributed by atoms with Crippen LogP contribution in [0.2, 0.25) is 0 Å². The van der Waals surface area contributed by atoms with Crippen LogP contribution in [0, 0.1) is 5.92 Å². The Labute approximate surface area is 123 Å². The summed E-state index contributed by atoms with van der Waals surface area (Å²) in [5.74, 6) is 0.889. The quantitative estimate of drug-likeness (QED) is 0.729. The van der Waals surface area contributed by atoms with Gasteiger partial charge in [0.1, 0.15) is 5.60 Å². The zero-order chi connectivity index (χ0) is 14.8. The van der Waals surface area contributed by atoms with Crippen molar-refractivity contribution in [2.45, 2.75) is 77.5 Å². The molecule has 20 heavy (non-hydrogen) atoms. The Morgan fingerprint density at radius 1 is 1.30 bits per heavy atom. The first-order chi connectivity index (χ1) is 9.37. The summed E-state index contributed by atoms with van der Waals surface area (Å²) in [6.45, 7) is 9.84. The zero-order valence-electron chi connectivity index (χ0n) is 13.4. The maximum Gasteiger partial charge on any atom is 0.410 e. The van der Waals surface area contributed by atoms with Crippen LogP contribution in [0.25, 0.3) is 0 Å². The van der Waals surface area contributed by atoms with Crippen LogP contribution in [0.1, 0.15) is 59.8 Å². The molecule has 0 spiro atoms. The Balaban J connectivity index is 1.68. The summed E-state index contributed by atoms with van der Waals surface area (Å²) >= 11 is 0. The van der Waals surface area contributed by atoms with Gasteiger partial charge in [-0.1, -0.05) is 0 Å². The van der Waals surface area contributed by atoms with Gasteiger partial charge in [-0.2, -0.15) is 0 Å². The van der Waals surface area contributed by atoms with Gasteiger partial charge < -0.3 is 15.0 Å². The number of carbonyl (C=O) groups is 1. The van der Waals surface area contributed by atoms with E-state index in [1.54, 1.807) is 0 Å². The van der Waals surface area contributed by atoms with Crippen LogP contribution in [0.15, 0.2) is 0 Å². The molecule has 0 saturated heterocycles. The van der Waals surface area contributed by atoms with Crippen LogP contribution in [0.3, 0.4) is 0 Å². The van der Waals surface area contributed by atoms with Crippen molar-refractivity contribution in [1.82, 2.24) is 10.2 Å². The van der Waals surface area contributed by atoms with Gasteiger partial charge in [0.25, 0.3) is 0 Å². The van der Waals surface area contributed by atoms with Gasteiger partial charge in [0.05, 0.1) is 0 Å². The van der Waals surface area contributed by atoms with Crippen molar-refractivity contribution in [3.05, 3.63) is 0 Å². The lowest BCUT2D eigenvalue weighted by molar-refractivity contribution is 0.0231. The second-order valence-electron chi connectivity index (χ2n) is 7.34. The molecule has 0 radical (unpaired) electrons. The van der Waals surface area contributed by atoms with Gasteiger partial charge in [-0.15, -0.1) is 0 Å². The SMILES string of the molecule is CC(NCCCN(C(=O)OC(C)(C)C)C1CC1)C1CC1. The summed E-state index contributed by atoms with van der Waals surface area (Å²) in [6.07, 6.45) is 5.87. The average molecular weight is 282 g/mol. The number of nitrogens with zero attached hydrogens (tertiary/aromatic N) is 1. The minimum absolute atomic E-state index is 0.143. The Bertz CT molecular complexity index is 330. The third-order valence-corrected chi connectivity index (χ3v) is 3.99. The van der Waals surface area contributed by atoms with Gasteiger partial charge in [-0.3, -0.25) is 0 Å². The summed E-state index contributed by atoms with van der Waals surface area (Å²) < 4.78 is 5.49. The summed E-state index contributed by atoms with van der Waals surface area (Å²) in [6, 6.07) is 1.05. The van der Waals surface area contributed by atoms with Crippen molar-refractivity contribution in [3.63, 3.8) is 0 Å². The summed E-state index contributed by atoms with van der Waals surface area (Å²) in [4.78, 5) is 14.1. The number of amides is 1. The predicted octanol–water partition coefficient (Wildman–Crippen LogP) is 3.16. The fourth-order valence-corrected chi connectivity index (χ4v) is 2.47. The Morgan fingerprint density at radius 2 is 1.95 bits per heavy atom. The molecule has 2 aliphatic rings. The molecule has 1 atom stereocenters. The van der Waals surface area contributed by atoms with E-state index in [9.17, 15) is 4.79 Å². The molecule has 2 fully saturated rings. The lowest BCUT2D eigenvalue weighted by atomic mass is 10.2. The number of hydrogen-bond acceptors (Lipinski definition) is 3. The molecule has 1 N–H and O–H groups in total. The van der Waals surface area contributed by atoms with E-state index in [2.05, 4.69) is 12.2 Å². The summed E-state index contributed by atoms with van der Waals surface area (Å²) in [5, 5.41) is 3.57. The normalized spacial score (nSPS) is 20.6. The zero-order valence-corrected chi connectivity index (χ0v) is 13.4. The standard InChI is InChI=1S/C16H30N2O2/c1-12(13-6-7-13)17-10-5-11-18(14-8-9-14)15(19)20-16(2,3)4/h12-14,17H,5-11H2,1-4H3. The molecule has 0 aliphatic heterocycles. The first kappa shape index (κ1) is 15.6. The summed E-state index contributed by atoms with van der Waals surface area (Å²) in [5.41, 5.74) is -0.400. The van der Waals surface area contributed by atoms with Gasteiger partial charge in [-0.05, 0) is 72.3 Å². The van der Waals surface area contributed by atoms with Gasteiger partial charge in [-0.25, -0.2) is 4.79 Å². The van der Waals surface area contributed by atoms with Crippen LogP contribution in [0.5, 0.6) is 0 Å². The highest BCUT2D eigenvalue weighted by Gasteiger charge is 2.34. The molecule has 0 aromatic rings. The van der Waals surface area contributed by atoms with Crippen molar-refractivity contribution >= 4 is 6.09 Å². The van der Waals surface area contributed by atoms with Crippen LogP contribution < -0.4 is 5.32 Å². The number of ether oxygens (including phenoxy) is 1. The molecule has 1 unspecified atom stereocenters. The molecule has 4 heteroatoms. The molecular weight excluding hydrogens is 252 g/mol. The Morgan fingerprint density at radius 3 is 2.45 bits per heavy atom. The molecule has 1 amide bonds. The fourth-order valence-electron chi connectivity index (χ4n) is 2.47. The molecule has 0 heterocycles. The van der Waals surface area contributed by atoms with Crippen LogP contribution in [0.4, 0.5) is 4.79 Å². The highest BCUT2D eigenvalue weighted by Crippen LogP contribution is 2.32. The molecule has 4 nitrogen and oxygen atoms in total. The van der Waals surface area contributed by atoms with Crippen LogP contribution in [-0.2, 0) is 4.74 Å². The average Bonchev–Trinajstić information content (AvgIpc) is 3.17. The number of carbonyl (C=O) groups excluding carboxylic acids is 1. The maximum atomic E-state index is 12.2. The minimum atomic E-state index is -0.400. The highest BCUT2D eigenvalue weighted by atomic mass is 16.6. The molecule has 2 saturated carbocycles. The van der Waals surface area contributed by atoms with E-state index in [0.717, 1.165) is 38.3 Å². The second-order valence-corrected chi connectivity index (χ2v) is 7.34. The van der Waals surface area contributed by atoms with E-state index in [1.807, 2.05) is 25.7 Å². The first-order valence-corrected chi connectivity index (χ1v) is 8.10. The van der Waals surface area contributed by atoms with Crippen molar-refractivity contribution in [2.75, 3.05) is 13.1 Å². The van der Waals surface area contributed by atoms with Gasteiger partial charge in [0, 0.05) is 18.6 Å². The third kappa shape index (κ3) is 5.31. The van der Waals surface area contributed by atoms with E-state index in [-0.39, 0.29) is 6.09 Å². The molecule has 0 aromatic carbocycles. The molecule has 2 aliphatic carbocycles. The van der Waals surface area contributed by atoms with Gasteiger partial charge in [0.2, 0.25) is 0 Å². The number of hydrogen-bond donors (Lipinski definition) is 1. The number of rotatable bonds is 7. The topological polar surface area (TPSA) is 41.6 Å². The minimum Gasteiger partial charge on any atom is -0.444 e. The highest BCUT2D eigenvalue weighted by molar-refractivity contribution is 5.69. The summed E-state index contributed by atoms with van der Waals surface area (Å²) in [7, 11) is 0. The smallest absolute Gasteiger partial charge is 0.410 e. The van der Waals surface area contributed by atoms with Crippen LogP contribution >= 0.6 is 0 Å². The maximum absolute atomic E-state index is 12.2. The molecule has 0 aromatic heterocycles. The van der Waals surface area contributed by atoms with E-state index in [0.29, 0.717) is 12.1 Å². The van der Waals surface area contributed by atoms with Crippen molar-refractivity contribution in [2.24, 2.45) is 5.92 Å². The lowest BCUT2D eigenvalue weighted by Crippen LogP contribution is -2.40. The van der Waals surface area contributed by atoms with Crippen LogP contribution in [-0.4, -0.2) is 41.8 Å². The number of nitrogens with one attached hydrogen (secondary N) is 1. The van der Waals surface area contributed by atoms with Crippen molar-refractivity contribution in [3.8, 4) is 0 Å². The van der Waals surface area contributed by atoms with Gasteiger partial charge in [0.15, 0.2) is 0 Å². The molecule has 0 bridgehead atoms. The van der Waals surface area contributed by atoms with Gasteiger partial charge >= 0.3 is 6.09 Å². The van der Waals surface area contributed by atoms with E-state index >= 15 is 0 Å². The van der Waals surface area contributed by atoms with E-state index in [1.165, 1.54) is 12.8 Å². The third-order valence-electron chi connectivity index (χ3n) is 3.99. The predicted molar refractivity (Wildman–Crippen MR) is 80.8 cm³/mol. The Hall–Kier alpha value is -0.770.